The minimum Gasteiger partial charge on any atom is -0.237 e. The summed E-state index contributed by atoms with van der Waals surface area (Å²) in [5.41, 5.74) is -1.76. The maximum Gasteiger partial charge on any atom is 0.413 e. The molecule has 1 aromatic heterocycles. The second kappa shape index (κ2) is 4.64. The molecule has 1 saturated carbocycles. The number of alkyl halides is 3. The number of hydrogen-bond acceptors (Lipinski definition) is 3. The Labute approximate surface area is 116 Å². The van der Waals surface area contributed by atoms with Crippen LogP contribution in [0.2, 0.25) is 0 Å². The van der Waals surface area contributed by atoms with E-state index in [0.717, 1.165) is 4.68 Å². The van der Waals surface area contributed by atoms with Crippen molar-refractivity contribution in [3.63, 3.8) is 0 Å². The molecule has 112 valence electrons. The minimum atomic E-state index is -4.34. The highest BCUT2D eigenvalue weighted by Gasteiger charge is 2.65. The standard InChI is InChI=1S/C11H15F3N4OS/c1-9(2,3)20(19)15-6-8-7-18(17-16-8)10(4-5-10)11(12,13)14/h6-7H,4-5H2,1-3H3/t20-/m0/s1. The molecule has 1 atom stereocenters. The number of halogens is 3. The van der Waals surface area contributed by atoms with Crippen LogP contribution in [0.3, 0.4) is 0 Å². The van der Waals surface area contributed by atoms with Gasteiger partial charge in [-0.3, -0.25) is 0 Å². The van der Waals surface area contributed by atoms with E-state index in [-0.39, 0.29) is 18.5 Å². The Morgan fingerprint density at radius 1 is 1.40 bits per heavy atom. The zero-order chi connectivity index (χ0) is 15.2. The Bertz CT molecular complexity index is 555. The van der Waals surface area contributed by atoms with Crippen LogP contribution >= 0.6 is 0 Å². The number of nitrogens with zero attached hydrogens (tertiary/aromatic N) is 4. The van der Waals surface area contributed by atoms with Crippen LogP contribution in [-0.2, 0) is 16.5 Å². The molecule has 2 rings (SSSR count). The van der Waals surface area contributed by atoms with Gasteiger partial charge in [-0.1, -0.05) is 5.21 Å². The van der Waals surface area contributed by atoms with Crippen molar-refractivity contribution in [1.29, 1.82) is 0 Å². The molecule has 9 heteroatoms. The molecule has 1 heterocycles. The third-order valence-corrected chi connectivity index (χ3v) is 4.35. The summed E-state index contributed by atoms with van der Waals surface area (Å²) >= 11 is 0. The highest BCUT2D eigenvalue weighted by atomic mass is 32.2. The van der Waals surface area contributed by atoms with E-state index in [2.05, 4.69) is 14.7 Å². The molecule has 0 aliphatic heterocycles. The quantitative estimate of drug-likeness (QED) is 0.804. The topological polar surface area (TPSA) is 60.1 Å². The molecular weight excluding hydrogens is 293 g/mol. The first-order valence-electron chi connectivity index (χ1n) is 6.02. The van der Waals surface area contributed by atoms with E-state index in [1.54, 1.807) is 20.8 Å². The molecule has 0 aromatic carbocycles. The first-order chi connectivity index (χ1) is 9.06. The maximum absolute atomic E-state index is 12.9. The largest absolute Gasteiger partial charge is 0.413 e. The van der Waals surface area contributed by atoms with Crippen molar-refractivity contribution in [2.75, 3.05) is 0 Å². The summed E-state index contributed by atoms with van der Waals surface area (Å²) in [6, 6.07) is 0. The lowest BCUT2D eigenvalue weighted by atomic mass is 10.2. The van der Waals surface area contributed by atoms with Crippen molar-refractivity contribution >= 4 is 17.2 Å². The third-order valence-electron chi connectivity index (χ3n) is 3.01. The number of aromatic nitrogens is 3. The predicted molar refractivity (Wildman–Crippen MR) is 68.8 cm³/mol. The Balaban J connectivity index is 2.15. The fourth-order valence-electron chi connectivity index (χ4n) is 1.57. The highest BCUT2D eigenvalue weighted by molar-refractivity contribution is 7.85. The van der Waals surface area contributed by atoms with E-state index in [0.29, 0.717) is 0 Å². The summed E-state index contributed by atoms with van der Waals surface area (Å²) in [5, 5.41) is 7.13. The molecule has 0 radical (unpaired) electrons. The molecule has 0 amide bonds. The van der Waals surface area contributed by atoms with E-state index in [9.17, 15) is 17.4 Å². The highest BCUT2D eigenvalue weighted by Crippen LogP contribution is 2.54. The molecule has 1 fully saturated rings. The first-order valence-corrected chi connectivity index (χ1v) is 7.13. The fourth-order valence-corrected chi connectivity index (χ4v) is 2.09. The lowest BCUT2D eigenvalue weighted by Gasteiger charge is -2.18. The smallest absolute Gasteiger partial charge is 0.237 e. The summed E-state index contributed by atoms with van der Waals surface area (Å²) in [7, 11) is -1.48. The lowest BCUT2D eigenvalue weighted by Crippen LogP contribution is -2.35. The summed E-state index contributed by atoms with van der Waals surface area (Å²) in [5.74, 6) is 0. The SMILES string of the molecule is CC(C)(C)[S@](=O)N=Cc1cn(C2(C(F)(F)F)CC2)nn1. The predicted octanol–water partition coefficient (Wildman–Crippen LogP) is 2.21. The van der Waals surface area contributed by atoms with Crippen LogP contribution in [0.4, 0.5) is 13.2 Å². The van der Waals surface area contributed by atoms with E-state index in [1.807, 2.05) is 0 Å². The van der Waals surface area contributed by atoms with Crippen LogP contribution in [0, 0.1) is 0 Å². The van der Waals surface area contributed by atoms with Crippen molar-refractivity contribution in [3.8, 4) is 0 Å². The molecule has 1 aliphatic carbocycles. The average Bonchev–Trinajstić information content (AvgIpc) is 2.99. The van der Waals surface area contributed by atoms with Gasteiger partial charge in [-0.2, -0.15) is 17.6 Å². The second-order valence-electron chi connectivity index (χ2n) is 5.71. The van der Waals surface area contributed by atoms with Crippen molar-refractivity contribution in [2.24, 2.45) is 4.40 Å². The summed E-state index contributed by atoms with van der Waals surface area (Å²) in [6.45, 7) is 5.25. The van der Waals surface area contributed by atoms with Crippen molar-refractivity contribution in [2.45, 2.75) is 50.1 Å². The molecule has 0 spiro atoms. The van der Waals surface area contributed by atoms with E-state index < -0.39 is 27.4 Å². The van der Waals surface area contributed by atoms with E-state index in [4.69, 9.17) is 0 Å². The second-order valence-corrected chi connectivity index (χ2v) is 7.65. The number of rotatable bonds is 3. The van der Waals surface area contributed by atoms with Gasteiger partial charge in [-0.25, -0.2) is 8.89 Å². The van der Waals surface area contributed by atoms with Gasteiger partial charge < -0.3 is 0 Å². The average molecular weight is 308 g/mol. The van der Waals surface area contributed by atoms with Crippen molar-refractivity contribution in [1.82, 2.24) is 15.0 Å². The van der Waals surface area contributed by atoms with Gasteiger partial charge in [0.2, 0.25) is 0 Å². The van der Waals surface area contributed by atoms with Gasteiger partial charge in [0.05, 0.1) is 17.2 Å². The first kappa shape index (κ1) is 15.1. The molecule has 0 bridgehead atoms. The van der Waals surface area contributed by atoms with Gasteiger partial charge in [0.1, 0.15) is 16.7 Å². The van der Waals surface area contributed by atoms with Crippen LogP contribution in [-0.4, -0.2) is 36.3 Å². The molecule has 1 aromatic rings. The number of hydrogen-bond donors (Lipinski definition) is 0. The van der Waals surface area contributed by atoms with E-state index in [1.165, 1.54) is 12.4 Å². The molecular formula is C11H15F3N4OS. The Morgan fingerprint density at radius 2 is 2.00 bits per heavy atom. The molecule has 20 heavy (non-hydrogen) atoms. The Hall–Kier alpha value is -1.25. The van der Waals surface area contributed by atoms with Crippen LogP contribution in [0.1, 0.15) is 39.3 Å². The summed E-state index contributed by atoms with van der Waals surface area (Å²) < 4.78 is 54.5. The molecule has 5 nitrogen and oxygen atoms in total. The van der Waals surface area contributed by atoms with Crippen LogP contribution < -0.4 is 0 Å². The monoisotopic (exact) mass is 308 g/mol. The Kier molecular flexibility index (Phi) is 3.52. The molecule has 0 saturated heterocycles. The van der Waals surface area contributed by atoms with E-state index >= 15 is 0 Å². The molecule has 0 N–H and O–H groups in total. The molecule has 0 unspecified atom stereocenters. The van der Waals surface area contributed by atoms with Gasteiger partial charge in [-0.15, -0.1) is 5.10 Å². The third kappa shape index (κ3) is 2.77. The van der Waals surface area contributed by atoms with Gasteiger partial charge >= 0.3 is 6.18 Å². The van der Waals surface area contributed by atoms with Crippen LogP contribution in [0.25, 0.3) is 0 Å². The molecule has 1 aliphatic rings. The van der Waals surface area contributed by atoms with Gasteiger partial charge in [0, 0.05) is 0 Å². The minimum absolute atomic E-state index is 0.00433. The maximum atomic E-state index is 12.9. The van der Waals surface area contributed by atoms with Gasteiger partial charge in [0.15, 0.2) is 5.54 Å². The van der Waals surface area contributed by atoms with Gasteiger partial charge in [0.25, 0.3) is 0 Å². The Morgan fingerprint density at radius 3 is 2.45 bits per heavy atom. The van der Waals surface area contributed by atoms with Crippen molar-refractivity contribution < 1.29 is 17.4 Å². The van der Waals surface area contributed by atoms with Crippen molar-refractivity contribution in [3.05, 3.63) is 11.9 Å². The van der Waals surface area contributed by atoms with Crippen LogP contribution in [0.5, 0.6) is 0 Å². The zero-order valence-corrected chi connectivity index (χ0v) is 12.1. The van der Waals surface area contributed by atoms with Gasteiger partial charge in [-0.05, 0) is 33.6 Å². The van der Waals surface area contributed by atoms with Crippen LogP contribution in [0.15, 0.2) is 10.6 Å². The summed E-state index contributed by atoms with van der Waals surface area (Å²) in [4.78, 5) is 0. The lowest BCUT2D eigenvalue weighted by molar-refractivity contribution is -0.182. The zero-order valence-electron chi connectivity index (χ0n) is 11.3. The normalized spacial score (nSPS) is 20.3. The fraction of sp³-hybridized carbons (Fsp3) is 0.727. The summed E-state index contributed by atoms with van der Waals surface area (Å²) in [6.07, 6.45) is -1.96.